The molecular weight excluding hydrogens is 186 g/mol. The zero-order chi connectivity index (χ0) is 10.1. The molecule has 2 rings (SSSR count). The van der Waals surface area contributed by atoms with E-state index in [1.165, 1.54) is 17.1 Å². The summed E-state index contributed by atoms with van der Waals surface area (Å²) in [5, 5.41) is 14.1. The van der Waals surface area contributed by atoms with Gasteiger partial charge in [0.2, 0.25) is 0 Å². The molecule has 2 aromatic heterocycles. The topological polar surface area (TPSA) is 84.0 Å². The minimum absolute atomic E-state index is 0.134. The minimum atomic E-state index is -1.32. The fourth-order valence-electron chi connectivity index (χ4n) is 1.03. The van der Waals surface area contributed by atoms with Gasteiger partial charge in [0.1, 0.15) is 17.8 Å². The smallest absolute Gasteiger partial charge is 0.181 e. The van der Waals surface area contributed by atoms with E-state index in [2.05, 4.69) is 10.1 Å². The van der Waals surface area contributed by atoms with E-state index in [-0.39, 0.29) is 5.69 Å². The Morgan fingerprint density at radius 3 is 2.93 bits per heavy atom. The highest BCUT2D eigenvalue weighted by Gasteiger charge is 2.04. The average molecular weight is 192 g/mol. The molecule has 0 aliphatic rings. The van der Waals surface area contributed by atoms with E-state index in [1.54, 1.807) is 13.0 Å². The van der Waals surface area contributed by atoms with Gasteiger partial charge in [-0.05, 0) is 6.92 Å². The number of carbonyl (C=O) groups is 1. The van der Waals surface area contributed by atoms with Crippen LogP contribution in [0.1, 0.15) is 16.2 Å². The van der Waals surface area contributed by atoms with E-state index in [9.17, 15) is 9.90 Å². The van der Waals surface area contributed by atoms with E-state index >= 15 is 0 Å². The lowest BCUT2D eigenvalue weighted by Gasteiger charge is -1.93. The summed E-state index contributed by atoms with van der Waals surface area (Å²) in [6, 6.07) is 1.67. The highest BCUT2D eigenvalue weighted by Crippen LogP contribution is 2.08. The molecule has 14 heavy (non-hydrogen) atoms. The van der Waals surface area contributed by atoms with Gasteiger partial charge in [0.15, 0.2) is 5.82 Å². The number of hydrogen-bond acceptors (Lipinski definition) is 5. The molecule has 0 aliphatic carbocycles. The lowest BCUT2D eigenvalue weighted by Crippen LogP contribution is -2.22. The fourth-order valence-corrected chi connectivity index (χ4v) is 1.03. The van der Waals surface area contributed by atoms with Crippen LogP contribution in [0.25, 0.3) is 5.82 Å². The lowest BCUT2D eigenvalue weighted by atomic mass is 10.5. The van der Waals surface area contributed by atoms with Gasteiger partial charge in [-0.25, -0.2) is 4.98 Å². The van der Waals surface area contributed by atoms with Crippen molar-refractivity contribution in [3.63, 3.8) is 0 Å². The molecule has 0 spiro atoms. The Balaban J connectivity index is 2.38. The molecule has 0 saturated heterocycles. The zero-order valence-electron chi connectivity index (χ0n) is 7.30. The molecule has 2 heterocycles. The predicted molar refractivity (Wildman–Crippen MR) is 42.7 cm³/mol. The summed E-state index contributed by atoms with van der Waals surface area (Å²) in [5.74, 6) is -0.185. The van der Waals surface area contributed by atoms with Crippen LogP contribution in [-0.4, -0.2) is 20.7 Å². The van der Waals surface area contributed by atoms with Crippen molar-refractivity contribution in [1.29, 1.82) is 0 Å². The molecule has 0 aromatic carbocycles. The van der Waals surface area contributed by atoms with Crippen LogP contribution in [0.3, 0.4) is 0 Å². The van der Waals surface area contributed by atoms with Crippen LogP contribution in [0.4, 0.5) is 0 Å². The molecular formula is C8H6N3O3-. The quantitative estimate of drug-likeness (QED) is 0.642. The van der Waals surface area contributed by atoms with E-state index in [4.69, 9.17) is 4.52 Å². The first kappa shape index (κ1) is 8.49. The third kappa shape index (κ3) is 1.37. The van der Waals surface area contributed by atoms with Crippen LogP contribution in [0.15, 0.2) is 23.1 Å². The summed E-state index contributed by atoms with van der Waals surface area (Å²) in [6.07, 6.45) is 2.65. The van der Waals surface area contributed by atoms with Crippen molar-refractivity contribution in [1.82, 2.24) is 14.7 Å². The number of carboxylic acid groups (broad SMARTS) is 1. The standard InChI is InChI=1S/C8H7N3O3/c1-5-2-7(10-14-5)11-3-6(8(12)13)9-4-11/h2-4H,1H3,(H,12,13)/p-1. The van der Waals surface area contributed by atoms with Gasteiger partial charge >= 0.3 is 0 Å². The maximum absolute atomic E-state index is 10.4. The van der Waals surface area contributed by atoms with Crippen molar-refractivity contribution >= 4 is 5.97 Å². The predicted octanol–water partition coefficient (Wildman–Crippen LogP) is -0.468. The number of carboxylic acids is 1. The number of nitrogens with zero attached hydrogens (tertiary/aromatic N) is 3. The molecule has 6 nitrogen and oxygen atoms in total. The molecule has 0 bridgehead atoms. The second-order valence-electron chi connectivity index (χ2n) is 2.75. The molecule has 2 aromatic rings. The van der Waals surface area contributed by atoms with E-state index in [0.29, 0.717) is 11.6 Å². The van der Waals surface area contributed by atoms with Crippen molar-refractivity contribution in [2.75, 3.05) is 0 Å². The number of aromatic carboxylic acids is 1. The summed E-state index contributed by atoms with van der Waals surface area (Å²) in [5.41, 5.74) is -0.134. The Bertz CT molecular complexity index is 472. The van der Waals surface area contributed by atoms with Crippen LogP contribution in [0.2, 0.25) is 0 Å². The van der Waals surface area contributed by atoms with Gasteiger partial charge in [0, 0.05) is 12.3 Å². The normalized spacial score (nSPS) is 10.4. The Labute approximate surface area is 78.8 Å². The number of rotatable bonds is 2. The third-order valence-electron chi connectivity index (χ3n) is 1.67. The van der Waals surface area contributed by atoms with Crippen LogP contribution >= 0.6 is 0 Å². The first-order chi connectivity index (χ1) is 6.66. The largest absolute Gasteiger partial charge is 0.543 e. The van der Waals surface area contributed by atoms with Crippen LogP contribution in [0.5, 0.6) is 0 Å². The van der Waals surface area contributed by atoms with Gasteiger partial charge < -0.3 is 14.4 Å². The van der Waals surface area contributed by atoms with Gasteiger partial charge in [0.25, 0.3) is 0 Å². The zero-order valence-corrected chi connectivity index (χ0v) is 7.30. The summed E-state index contributed by atoms with van der Waals surface area (Å²) in [7, 11) is 0. The SMILES string of the molecule is Cc1cc(-n2cnc(C(=O)[O-])c2)no1. The fraction of sp³-hybridized carbons (Fsp3) is 0.125. The highest BCUT2D eigenvalue weighted by molar-refractivity contribution is 5.83. The number of aromatic nitrogens is 3. The molecule has 0 fully saturated rings. The number of imidazole rings is 1. The van der Waals surface area contributed by atoms with Crippen molar-refractivity contribution in [3.05, 3.63) is 30.0 Å². The molecule has 0 N–H and O–H groups in total. The molecule has 72 valence electrons. The molecule has 0 saturated carbocycles. The second kappa shape index (κ2) is 2.99. The average Bonchev–Trinajstić information content (AvgIpc) is 2.70. The van der Waals surface area contributed by atoms with Gasteiger partial charge in [-0.2, -0.15) is 0 Å². The Hall–Kier alpha value is -2.11. The maximum Gasteiger partial charge on any atom is 0.181 e. The monoisotopic (exact) mass is 192 g/mol. The van der Waals surface area contributed by atoms with Gasteiger partial charge in [-0.3, -0.25) is 4.57 Å². The summed E-state index contributed by atoms with van der Waals surface area (Å²) in [6.45, 7) is 1.74. The number of aryl methyl sites for hydroxylation is 1. The van der Waals surface area contributed by atoms with E-state index < -0.39 is 5.97 Å². The van der Waals surface area contributed by atoms with Gasteiger partial charge in [0.05, 0.1) is 5.97 Å². The molecule has 0 atom stereocenters. The van der Waals surface area contributed by atoms with E-state index in [1.807, 2.05) is 0 Å². The Morgan fingerprint density at radius 2 is 2.43 bits per heavy atom. The molecule has 0 amide bonds. The summed E-state index contributed by atoms with van der Waals surface area (Å²) in [4.78, 5) is 14.0. The summed E-state index contributed by atoms with van der Waals surface area (Å²) >= 11 is 0. The van der Waals surface area contributed by atoms with Crippen molar-refractivity contribution in [2.24, 2.45) is 0 Å². The van der Waals surface area contributed by atoms with Gasteiger partial charge in [-0.1, -0.05) is 5.16 Å². The summed E-state index contributed by atoms with van der Waals surface area (Å²) < 4.78 is 6.27. The van der Waals surface area contributed by atoms with Crippen LogP contribution < -0.4 is 5.11 Å². The van der Waals surface area contributed by atoms with Crippen molar-refractivity contribution in [2.45, 2.75) is 6.92 Å². The maximum atomic E-state index is 10.4. The molecule has 0 radical (unpaired) electrons. The first-order valence-corrected chi connectivity index (χ1v) is 3.86. The highest BCUT2D eigenvalue weighted by atomic mass is 16.5. The van der Waals surface area contributed by atoms with Crippen molar-refractivity contribution < 1.29 is 14.4 Å². The Morgan fingerprint density at radius 1 is 1.64 bits per heavy atom. The Kier molecular flexibility index (Phi) is 1.81. The molecule has 6 heteroatoms. The second-order valence-corrected chi connectivity index (χ2v) is 2.75. The van der Waals surface area contributed by atoms with Crippen LogP contribution in [0, 0.1) is 6.92 Å². The van der Waals surface area contributed by atoms with Gasteiger partial charge in [-0.15, -0.1) is 0 Å². The van der Waals surface area contributed by atoms with Crippen LogP contribution in [-0.2, 0) is 0 Å². The minimum Gasteiger partial charge on any atom is -0.543 e. The lowest BCUT2D eigenvalue weighted by molar-refractivity contribution is -0.255. The third-order valence-corrected chi connectivity index (χ3v) is 1.67. The van der Waals surface area contributed by atoms with E-state index in [0.717, 1.165) is 0 Å². The molecule has 0 aliphatic heterocycles. The van der Waals surface area contributed by atoms with Crippen molar-refractivity contribution in [3.8, 4) is 5.82 Å². The number of hydrogen-bond donors (Lipinski definition) is 0. The molecule has 0 unspecified atom stereocenters. The first-order valence-electron chi connectivity index (χ1n) is 3.86. The number of carbonyl (C=O) groups excluding carboxylic acids is 1.